The van der Waals surface area contributed by atoms with E-state index in [1.807, 2.05) is 0 Å². The van der Waals surface area contributed by atoms with Crippen molar-refractivity contribution in [1.82, 2.24) is 9.97 Å². The predicted octanol–water partition coefficient (Wildman–Crippen LogP) is 1.31. The van der Waals surface area contributed by atoms with E-state index in [1.165, 1.54) is 12.4 Å². The van der Waals surface area contributed by atoms with Crippen LogP contribution in [0.2, 0.25) is 5.02 Å². The molecule has 1 rings (SSSR count). The minimum Gasteiger partial charge on any atom is -0.354 e. The molecule has 1 N–H and O–H groups in total. The van der Waals surface area contributed by atoms with Gasteiger partial charge in [-0.3, -0.25) is 4.21 Å². The highest BCUT2D eigenvalue weighted by atomic mass is 35.5. The van der Waals surface area contributed by atoms with Crippen LogP contribution < -0.4 is 5.32 Å². The van der Waals surface area contributed by atoms with E-state index in [-0.39, 0.29) is 0 Å². The summed E-state index contributed by atoms with van der Waals surface area (Å²) in [6.45, 7) is 0.723. The van der Waals surface area contributed by atoms with E-state index in [0.717, 1.165) is 13.0 Å². The molecule has 1 heterocycles. The van der Waals surface area contributed by atoms with E-state index in [0.29, 0.717) is 16.7 Å². The van der Waals surface area contributed by atoms with Gasteiger partial charge in [-0.05, 0) is 6.42 Å². The number of halogens is 1. The standard InChI is InChI=1S/C8H12ClN3OS/c1-14(13)4-2-3-10-8-11-5-7(9)6-12-8/h5-6H,2-4H2,1H3,(H,10,11,12). The minimum atomic E-state index is -0.729. The zero-order valence-corrected chi connectivity index (χ0v) is 9.44. The molecule has 0 amide bonds. The maximum atomic E-state index is 10.7. The molecule has 0 bridgehead atoms. The lowest BCUT2D eigenvalue weighted by molar-refractivity contribution is 0.685. The molecule has 0 fully saturated rings. The van der Waals surface area contributed by atoms with Crippen molar-refractivity contribution in [1.29, 1.82) is 0 Å². The Morgan fingerprint density at radius 2 is 2.14 bits per heavy atom. The first-order valence-electron chi connectivity index (χ1n) is 4.20. The Balaban J connectivity index is 2.25. The summed E-state index contributed by atoms with van der Waals surface area (Å²) >= 11 is 5.62. The molecule has 0 radical (unpaired) electrons. The van der Waals surface area contributed by atoms with E-state index in [2.05, 4.69) is 15.3 Å². The molecule has 0 saturated heterocycles. The van der Waals surface area contributed by atoms with Crippen LogP contribution in [0.4, 0.5) is 5.95 Å². The lowest BCUT2D eigenvalue weighted by atomic mass is 10.5. The minimum absolute atomic E-state index is 0.519. The summed E-state index contributed by atoms with van der Waals surface area (Å²) in [4.78, 5) is 7.93. The van der Waals surface area contributed by atoms with Gasteiger partial charge in [0.2, 0.25) is 5.95 Å². The van der Waals surface area contributed by atoms with Crippen molar-refractivity contribution in [2.75, 3.05) is 23.9 Å². The first-order valence-corrected chi connectivity index (χ1v) is 6.30. The SMILES string of the molecule is CS(=O)CCCNc1ncc(Cl)cn1. The number of rotatable bonds is 5. The van der Waals surface area contributed by atoms with Gasteiger partial charge < -0.3 is 5.32 Å². The van der Waals surface area contributed by atoms with Crippen LogP contribution in [0.3, 0.4) is 0 Å². The second kappa shape index (κ2) is 5.93. The Hall–Kier alpha value is -0.680. The molecule has 78 valence electrons. The van der Waals surface area contributed by atoms with Crippen LogP contribution in [-0.4, -0.2) is 32.7 Å². The normalized spacial score (nSPS) is 12.4. The molecule has 0 aliphatic rings. The molecule has 0 spiro atoms. The summed E-state index contributed by atoms with van der Waals surface area (Å²) in [5, 5.41) is 3.53. The lowest BCUT2D eigenvalue weighted by Crippen LogP contribution is -2.08. The van der Waals surface area contributed by atoms with E-state index in [9.17, 15) is 4.21 Å². The summed E-state index contributed by atoms with van der Waals surface area (Å²) in [5.41, 5.74) is 0. The molecular weight excluding hydrogens is 222 g/mol. The Morgan fingerprint density at radius 3 is 2.71 bits per heavy atom. The number of hydrogen-bond donors (Lipinski definition) is 1. The Labute approximate surface area is 90.6 Å². The number of nitrogens with zero attached hydrogens (tertiary/aromatic N) is 2. The van der Waals surface area contributed by atoms with Gasteiger partial charge in [0.25, 0.3) is 0 Å². The molecule has 14 heavy (non-hydrogen) atoms. The van der Waals surface area contributed by atoms with Gasteiger partial charge in [-0.1, -0.05) is 11.6 Å². The first kappa shape index (κ1) is 11.4. The number of anilines is 1. The molecule has 0 aromatic carbocycles. The maximum absolute atomic E-state index is 10.7. The summed E-state index contributed by atoms with van der Waals surface area (Å²) in [6, 6.07) is 0. The van der Waals surface area contributed by atoms with Crippen LogP contribution in [0.15, 0.2) is 12.4 Å². The van der Waals surface area contributed by atoms with E-state index < -0.39 is 10.8 Å². The second-order valence-electron chi connectivity index (χ2n) is 2.78. The Kier molecular flexibility index (Phi) is 4.82. The van der Waals surface area contributed by atoms with Crippen molar-refractivity contribution in [3.63, 3.8) is 0 Å². The molecule has 4 nitrogen and oxygen atoms in total. The average Bonchev–Trinajstić information content (AvgIpc) is 2.15. The van der Waals surface area contributed by atoms with E-state index >= 15 is 0 Å². The smallest absolute Gasteiger partial charge is 0.222 e. The third kappa shape index (κ3) is 4.53. The summed E-state index contributed by atoms with van der Waals surface area (Å²) < 4.78 is 10.7. The third-order valence-electron chi connectivity index (χ3n) is 1.51. The topological polar surface area (TPSA) is 54.9 Å². The van der Waals surface area contributed by atoms with Gasteiger partial charge in [0.15, 0.2) is 0 Å². The monoisotopic (exact) mass is 233 g/mol. The molecule has 1 aromatic rings. The number of hydrogen-bond acceptors (Lipinski definition) is 4. The molecule has 0 saturated carbocycles. The average molecular weight is 234 g/mol. The predicted molar refractivity (Wildman–Crippen MR) is 59.1 cm³/mol. The van der Waals surface area contributed by atoms with Gasteiger partial charge >= 0.3 is 0 Å². The largest absolute Gasteiger partial charge is 0.354 e. The molecular formula is C8H12ClN3OS. The number of nitrogens with one attached hydrogen (secondary N) is 1. The van der Waals surface area contributed by atoms with Crippen LogP contribution >= 0.6 is 11.6 Å². The first-order chi connectivity index (χ1) is 6.68. The van der Waals surface area contributed by atoms with Crippen LogP contribution in [0.5, 0.6) is 0 Å². The summed E-state index contributed by atoms with van der Waals surface area (Å²) in [6.07, 6.45) is 5.61. The second-order valence-corrected chi connectivity index (χ2v) is 4.77. The van der Waals surface area contributed by atoms with Crippen LogP contribution in [0.1, 0.15) is 6.42 Å². The van der Waals surface area contributed by atoms with Gasteiger partial charge in [0.05, 0.1) is 17.4 Å². The van der Waals surface area contributed by atoms with Gasteiger partial charge in [-0.15, -0.1) is 0 Å². The van der Waals surface area contributed by atoms with Crippen molar-refractivity contribution >= 4 is 28.3 Å². The lowest BCUT2D eigenvalue weighted by Gasteiger charge is -2.02. The van der Waals surface area contributed by atoms with Crippen molar-refractivity contribution in [3.05, 3.63) is 17.4 Å². The Morgan fingerprint density at radius 1 is 1.50 bits per heavy atom. The van der Waals surface area contributed by atoms with E-state index in [4.69, 9.17) is 11.6 Å². The summed E-state index contributed by atoms with van der Waals surface area (Å²) in [7, 11) is -0.729. The fourth-order valence-corrected chi connectivity index (χ4v) is 1.53. The highest BCUT2D eigenvalue weighted by Gasteiger charge is 1.95. The fraction of sp³-hybridized carbons (Fsp3) is 0.500. The van der Waals surface area contributed by atoms with E-state index in [1.54, 1.807) is 6.26 Å². The van der Waals surface area contributed by atoms with Gasteiger partial charge in [0, 0.05) is 29.4 Å². The summed E-state index contributed by atoms with van der Waals surface area (Å²) in [5.74, 6) is 1.25. The third-order valence-corrected chi connectivity index (χ3v) is 2.57. The highest BCUT2D eigenvalue weighted by molar-refractivity contribution is 7.84. The highest BCUT2D eigenvalue weighted by Crippen LogP contribution is 2.05. The molecule has 0 aliphatic heterocycles. The zero-order valence-electron chi connectivity index (χ0n) is 7.86. The molecule has 6 heteroatoms. The Bertz CT molecular complexity index is 304. The van der Waals surface area contributed by atoms with Gasteiger partial charge in [-0.2, -0.15) is 0 Å². The zero-order chi connectivity index (χ0) is 10.4. The molecule has 1 unspecified atom stereocenters. The van der Waals surface area contributed by atoms with Gasteiger partial charge in [-0.25, -0.2) is 9.97 Å². The quantitative estimate of drug-likeness (QED) is 0.780. The van der Waals surface area contributed by atoms with Crippen molar-refractivity contribution in [2.45, 2.75) is 6.42 Å². The molecule has 0 aliphatic carbocycles. The fourth-order valence-electron chi connectivity index (χ4n) is 0.879. The van der Waals surface area contributed by atoms with Crippen LogP contribution in [-0.2, 0) is 10.8 Å². The molecule has 1 aromatic heterocycles. The number of aromatic nitrogens is 2. The maximum Gasteiger partial charge on any atom is 0.222 e. The van der Waals surface area contributed by atoms with Crippen molar-refractivity contribution in [3.8, 4) is 0 Å². The van der Waals surface area contributed by atoms with Crippen molar-refractivity contribution < 1.29 is 4.21 Å². The van der Waals surface area contributed by atoms with Crippen LogP contribution in [0, 0.1) is 0 Å². The molecule has 1 atom stereocenters. The van der Waals surface area contributed by atoms with Gasteiger partial charge in [0.1, 0.15) is 0 Å². The van der Waals surface area contributed by atoms with Crippen molar-refractivity contribution in [2.24, 2.45) is 0 Å². The van der Waals surface area contributed by atoms with Crippen LogP contribution in [0.25, 0.3) is 0 Å².